The van der Waals surface area contributed by atoms with Gasteiger partial charge < -0.3 is 25.4 Å². The molecule has 0 aromatic carbocycles. The lowest BCUT2D eigenvalue weighted by atomic mass is 10.1. The minimum absolute atomic E-state index is 0.429. The highest BCUT2D eigenvalue weighted by molar-refractivity contribution is 5.80. The van der Waals surface area contributed by atoms with E-state index >= 15 is 0 Å². The summed E-state index contributed by atoms with van der Waals surface area (Å²) < 4.78 is 10.9. The third-order valence-corrected chi connectivity index (χ3v) is 3.42. The number of carbonyl (C=O) groups excluding carboxylic acids is 1. The van der Waals surface area contributed by atoms with Crippen LogP contribution in [-0.4, -0.2) is 47.9 Å². The number of aliphatic imine (C=N–C) groups is 1. The van der Waals surface area contributed by atoms with Crippen LogP contribution >= 0.6 is 0 Å². The summed E-state index contributed by atoms with van der Waals surface area (Å²) in [5.74, 6) is 1.24. The van der Waals surface area contributed by atoms with Gasteiger partial charge in [-0.05, 0) is 54.5 Å². The van der Waals surface area contributed by atoms with Gasteiger partial charge in [-0.2, -0.15) is 0 Å². The molecule has 0 unspecified atom stereocenters. The summed E-state index contributed by atoms with van der Waals surface area (Å²) in [5, 5.41) is 9.33. The molecule has 0 fully saturated rings. The lowest BCUT2D eigenvalue weighted by Crippen LogP contribution is -2.54. The molecule has 0 spiro atoms. The summed E-state index contributed by atoms with van der Waals surface area (Å²) in [7, 11) is 0. The number of ether oxygens (including phenoxy) is 2. The van der Waals surface area contributed by atoms with E-state index in [1.807, 2.05) is 60.6 Å². The zero-order valence-corrected chi connectivity index (χ0v) is 18.2. The van der Waals surface area contributed by atoms with Gasteiger partial charge in [0.15, 0.2) is 5.96 Å². The van der Waals surface area contributed by atoms with Gasteiger partial charge in [-0.1, -0.05) is 6.07 Å². The maximum Gasteiger partial charge on any atom is 0.408 e. The summed E-state index contributed by atoms with van der Waals surface area (Å²) >= 11 is 0. The van der Waals surface area contributed by atoms with Crippen molar-refractivity contribution in [2.45, 2.75) is 66.2 Å². The van der Waals surface area contributed by atoms with Crippen molar-refractivity contribution in [3.63, 3.8) is 0 Å². The van der Waals surface area contributed by atoms with Gasteiger partial charge in [0, 0.05) is 24.8 Å². The first-order valence-electron chi connectivity index (χ1n) is 9.66. The standard InChI is InChI=1S/C20H35N5O3/c1-8-21-17(23-13-15-11-10-12-22-16(15)27-9-2)24-14-20(6,7)25-18(26)28-19(3,4)5/h10-12H,8-9,13-14H2,1-7H3,(H,25,26)(H2,21,23,24). The highest BCUT2D eigenvalue weighted by atomic mass is 16.6. The van der Waals surface area contributed by atoms with E-state index in [1.54, 1.807) is 6.20 Å². The van der Waals surface area contributed by atoms with Crippen molar-refractivity contribution in [1.29, 1.82) is 0 Å². The second-order valence-electron chi connectivity index (χ2n) is 7.96. The van der Waals surface area contributed by atoms with E-state index in [-0.39, 0.29) is 0 Å². The van der Waals surface area contributed by atoms with Crippen molar-refractivity contribution in [2.24, 2.45) is 4.99 Å². The van der Waals surface area contributed by atoms with Crippen LogP contribution in [0.15, 0.2) is 23.3 Å². The van der Waals surface area contributed by atoms with Gasteiger partial charge in [0.1, 0.15) is 5.60 Å². The van der Waals surface area contributed by atoms with Crippen LogP contribution in [0.4, 0.5) is 4.79 Å². The molecular formula is C20H35N5O3. The number of alkyl carbamates (subject to hydrolysis) is 1. The minimum atomic E-state index is -0.536. The molecule has 0 aliphatic heterocycles. The first-order chi connectivity index (χ1) is 13.1. The summed E-state index contributed by atoms with van der Waals surface area (Å²) in [4.78, 5) is 20.9. The molecular weight excluding hydrogens is 358 g/mol. The van der Waals surface area contributed by atoms with Crippen molar-refractivity contribution in [1.82, 2.24) is 20.9 Å². The third-order valence-electron chi connectivity index (χ3n) is 3.42. The van der Waals surface area contributed by atoms with E-state index in [2.05, 4.69) is 25.9 Å². The molecule has 0 aliphatic carbocycles. The molecule has 0 saturated heterocycles. The van der Waals surface area contributed by atoms with Crippen molar-refractivity contribution >= 4 is 12.1 Å². The first kappa shape index (κ1) is 23.5. The van der Waals surface area contributed by atoms with Crippen LogP contribution in [0.1, 0.15) is 54.0 Å². The molecule has 28 heavy (non-hydrogen) atoms. The molecule has 1 aromatic heterocycles. The maximum absolute atomic E-state index is 12.0. The Hall–Kier alpha value is -2.51. The average Bonchev–Trinajstić information content (AvgIpc) is 2.56. The quantitative estimate of drug-likeness (QED) is 0.464. The van der Waals surface area contributed by atoms with Gasteiger partial charge in [0.05, 0.1) is 18.7 Å². The van der Waals surface area contributed by atoms with Crippen LogP contribution in [-0.2, 0) is 11.3 Å². The van der Waals surface area contributed by atoms with Gasteiger partial charge in [-0.3, -0.25) is 0 Å². The summed E-state index contributed by atoms with van der Waals surface area (Å²) in [5.41, 5.74) is -0.150. The highest BCUT2D eigenvalue weighted by Gasteiger charge is 2.24. The molecule has 8 heteroatoms. The molecule has 8 nitrogen and oxygen atoms in total. The van der Waals surface area contributed by atoms with E-state index in [9.17, 15) is 4.79 Å². The number of nitrogens with zero attached hydrogens (tertiary/aromatic N) is 2. The van der Waals surface area contributed by atoms with Gasteiger partial charge in [0.2, 0.25) is 5.88 Å². The Balaban J connectivity index is 2.71. The number of hydrogen-bond acceptors (Lipinski definition) is 5. The molecule has 1 heterocycles. The molecule has 0 saturated carbocycles. The van der Waals surface area contributed by atoms with Crippen LogP contribution in [0.2, 0.25) is 0 Å². The Morgan fingerprint density at radius 1 is 1.18 bits per heavy atom. The monoisotopic (exact) mass is 393 g/mol. The van der Waals surface area contributed by atoms with Crippen LogP contribution in [0.3, 0.4) is 0 Å². The number of carbonyl (C=O) groups is 1. The molecule has 0 radical (unpaired) electrons. The van der Waals surface area contributed by atoms with Gasteiger partial charge in [0.25, 0.3) is 0 Å². The summed E-state index contributed by atoms with van der Waals surface area (Å²) in [6.07, 6.45) is 1.25. The fourth-order valence-corrected chi connectivity index (χ4v) is 2.25. The molecule has 158 valence electrons. The number of rotatable bonds is 8. The van der Waals surface area contributed by atoms with E-state index < -0.39 is 17.2 Å². The van der Waals surface area contributed by atoms with Crippen LogP contribution in [0.25, 0.3) is 0 Å². The Kier molecular flexibility index (Phi) is 9.02. The van der Waals surface area contributed by atoms with Crippen molar-refractivity contribution in [2.75, 3.05) is 19.7 Å². The largest absolute Gasteiger partial charge is 0.478 e. The molecule has 0 aliphatic rings. The van der Waals surface area contributed by atoms with Gasteiger partial charge in [-0.25, -0.2) is 14.8 Å². The highest BCUT2D eigenvalue weighted by Crippen LogP contribution is 2.15. The number of aromatic nitrogens is 1. The van der Waals surface area contributed by atoms with Gasteiger partial charge in [-0.15, -0.1) is 0 Å². The molecule has 1 rings (SSSR count). The Morgan fingerprint density at radius 3 is 2.50 bits per heavy atom. The minimum Gasteiger partial charge on any atom is -0.478 e. The van der Waals surface area contributed by atoms with Crippen molar-refractivity contribution in [3.05, 3.63) is 23.9 Å². The molecule has 0 bridgehead atoms. The summed E-state index contributed by atoms with van der Waals surface area (Å²) in [6.45, 7) is 15.4. The topological polar surface area (TPSA) is 96.9 Å². The Bertz CT molecular complexity index is 653. The first-order valence-corrected chi connectivity index (χ1v) is 9.66. The van der Waals surface area contributed by atoms with E-state index in [4.69, 9.17) is 9.47 Å². The van der Waals surface area contributed by atoms with Crippen LogP contribution in [0, 0.1) is 0 Å². The zero-order chi connectivity index (χ0) is 21.2. The smallest absolute Gasteiger partial charge is 0.408 e. The van der Waals surface area contributed by atoms with E-state index in [1.165, 1.54) is 0 Å². The second kappa shape index (κ2) is 10.7. The fourth-order valence-electron chi connectivity index (χ4n) is 2.25. The average molecular weight is 394 g/mol. The van der Waals surface area contributed by atoms with Gasteiger partial charge >= 0.3 is 6.09 Å². The Labute approximate surface area is 168 Å². The summed E-state index contributed by atoms with van der Waals surface area (Å²) in [6, 6.07) is 3.81. The third kappa shape index (κ3) is 9.43. The Morgan fingerprint density at radius 2 is 1.89 bits per heavy atom. The molecule has 3 N–H and O–H groups in total. The number of guanidine groups is 1. The predicted octanol–water partition coefficient (Wildman–Crippen LogP) is 2.84. The molecule has 1 aromatic rings. The van der Waals surface area contributed by atoms with Crippen LogP contribution < -0.4 is 20.7 Å². The van der Waals surface area contributed by atoms with Crippen molar-refractivity contribution in [3.8, 4) is 5.88 Å². The fraction of sp³-hybridized carbons (Fsp3) is 0.650. The van der Waals surface area contributed by atoms with Crippen molar-refractivity contribution < 1.29 is 14.3 Å². The maximum atomic E-state index is 12.0. The lowest BCUT2D eigenvalue weighted by Gasteiger charge is -2.29. The van der Waals surface area contributed by atoms with E-state index in [0.29, 0.717) is 31.5 Å². The number of hydrogen-bond donors (Lipinski definition) is 3. The molecule has 0 atom stereocenters. The SMILES string of the molecule is CCNC(=NCc1cccnc1OCC)NCC(C)(C)NC(=O)OC(C)(C)C. The zero-order valence-electron chi connectivity index (χ0n) is 18.2. The molecule has 1 amide bonds. The van der Waals surface area contributed by atoms with Crippen LogP contribution in [0.5, 0.6) is 5.88 Å². The second-order valence-corrected chi connectivity index (χ2v) is 7.96. The number of pyridine rings is 1. The number of nitrogens with one attached hydrogen (secondary N) is 3. The number of amides is 1. The van der Waals surface area contributed by atoms with E-state index in [0.717, 1.165) is 12.1 Å². The normalized spacial score (nSPS) is 12.3. The predicted molar refractivity (Wildman–Crippen MR) is 112 cm³/mol. The lowest BCUT2D eigenvalue weighted by molar-refractivity contribution is 0.0474.